The average Bonchev–Trinajstić information content (AvgIpc) is 2.68. The Hall–Kier alpha value is -3.36. The van der Waals surface area contributed by atoms with Crippen LogP contribution in [0.3, 0.4) is 0 Å². The summed E-state index contributed by atoms with van der Waals surface area (Å²) in [4.78, 5) is 17.0. The summed E-state index contributed by atoms with van der Waals surface area (Å²) in [6.45, 7) is 2.01. The zero-order valence-electron chi connectivity index (χ0n) is 14.8. The minimum Gasteiger partial charge on any atom is -0.275 e. The van der Waals surface area contributed by atoms with E-state index >= 15 is 0 Å². The Labute approximate surface area is 159 Å². The highest BCUT2D eigenvalue weighted by Crippen LogP contribution is 2.09. The smallest absolute Gasteiger partial charge is 0.264 e. The lowest BCUT2D eigenvalue weighted by Crippen LogP contribution is -2.30. The maximum Gasteiger partial charge on any atom is 0.264 e. The van der Waals surface area contributed by atoms with Gasteiger partial charge in [-0.05, 0) is 43.1 Å². The van der Waals surface area contributed by atoms with Crippen molar-refractivity contribution in [3.63, 3.8) is 0 Å². The molecule has 0 saturated carbocycles. The summed E-state index contributed by atoms with van der Waals surface area (Å²) in [7, 11) is -2.94. The van der Waals surface area contributed by atoms with Crippen LogP contribution in [-0.2, 0) is 9.71 Å². The van der Waals surface area contributed by atoms with Crippen LogP contribution in [0.4, 0.5) is 0 Å². The largest absolute Gasteiger partial charge is 0.275 e. The molecule has 0 bridgehead atoms. The first kappa shape index (κ1) is 18.4. The molecular weight excluding hydrogens is 356 g/mol. The molecule has 1 aromatic heterocycles. The van der Waals surface area contributed by atoms with Crippen molar-refractivity contribution in [2.24, 2.45) is 0 Å². The van der Waals surface area contributed by atoms with E-state index in [1.165, 1.54) is 6.20 Å². The van der Waals surface area contributed by atoms with Gasteiger partial charge in [0.2, 0.25) is 0 Å². The second kappa shape index (κ2) is 7.90. The number of carbonyl (C=O) groups excluding carboxylic acids is 1. The Morgan fingerprint density at radius 2 is 1.67 bits per heavy atom. The van der Waals surface area contributed by atoms with Gasteiger partial charge in [0.05, 0.1) is 15.3 Å². The van der Waals surface area contributed by atoms with Gasteiger partial charge in [0.25, 0.3) is 5.91 Å². The summed E-state index contributed by atoms with van der Waals surface area (Å²) in [5.74, 6) is 9.18. The van der Waals surface area contributed by atoms with E-state index in [1.807, 2.05) is 31.2 Å². The fourth-order valence-corrected chi connectivity index (χ4v) is 3.45. The van der Waals surface area contributed by atoms with Crippen LogP contribution in [0.2, 0.25) is 0 Å². The summed E-state index contributed by atoms with van der Waals surface area (Å²) in [5, 5.41) is 0. The molecule has 1 heterocycles. The van der Waals surface area contributed by atoms with Gasteiger partial charge in [0, 0.05) is 28.4 Å². The lowest BCUT2D eigenvalue weighted by Gasteiger charge is -2.11. The third-order valence-electron chi connectivity index (χ3n) is 3.78. The minimum atomic E-state index is -2.94. The van der Waals surface area contributed by atoms with E-state index in [2.05, 4.69) is 27.4 Å². The molecule has 3 rings (SSSR count). The normalized spacial score (nSPS) is 12.3. The Balaban J connectivity index is 1.79. The van der Waals surface area contributed by atoms with Crippen molar-refractivity contribution >= 4 is 21.5 Å². The number of hydrogen-bond donors (Lipinski definition) is 1. The molecule has 27 heavy (non-hydrogen) atoms. The molecule has 1 N–H and O–H groups in total. The Bertz CT molecular complexity index is 1120. The summed E-state index contributed by atoms with van der Waals surface area (Å²) < 4.78 is 15.2. The molecule has 1 atom stereocenters. The summed E-state index contributed by atoms with van der Waals surface area (Å²) in [6, 6.07) is 18.1. The summed E-state index contributed by atoms with van der Waals surface area (Å²) in [6.07, 6.45) is 2.99. The zero-order valence-corrected chi connectivity index (χ0v) is 15.6. The van der Waals surface area contributed by atoms with Crippen LogP contribution in [-0.4, -0.2) is 21.0 Å². The number of aryl methyl sites for hydroxylation is 1. The van der Waals surface area contributed by atoms with E-state index in [1.54, 1.807) is 42.6 Å². The van der Waals surface area contributed by atoms with Gasteiger partial charge >= 0.3 is 0 Å². The van der Waals surface area contributed by atoms with Crippen molar-refractivity contribution in [1.29, 1.82) is 0 Å². The average molecular weight is 374 g/mol. The lowest BCUT2D eigenvalue weighted by atomic mass is 10.1. The SMILES string of the molecule is C=S(=O)(NC(=O)c1cncc(C#Cc2ccc(C)cc2)c1)c1ccccc1. The number of benzene rings is 2. The Morgan fingerprint density at radius 1 is 1.00 bits per heavy atom. The molecule has 0 fully saturated rings. The first-order valence-electron chi connectivity index (χ1n) is 8.22. The fraction of sp³-hybridized carbons (Fsp3) is 0.0455. The second-order valence-electron chi connectivity index (χ2n) is 6.00. The van der Waals surface area contributed by atoms with Crippen molar-refractivity contribution < 1.29 is 9.00 Å². The van der Waals surface area contributed by atoms with Crippen molar-refractivity contribution in [2.45, 2.75) is 11.8 Å². The molecule has 0 aliphatic heterocycles. The van der Waals surface area contributed by atoms with Crippen LogP contribution in [0.1, 0.15) is 27.0 Å². The quantitative estimate of drug-likeness (QED) is 0.566. The number of aromatic nitrogens is 1. The Morgan fingerprint density at radius 3 is 2.37 bits per heavy atom. The summed E-state index contributed by atoms with van der Waals surface area (Å²) >= 11 is 0. The molecule has 5 heteroatoms. The molecule has 0 aliphatic carbocycles. The molecule has 3 aromatic rings. The number of nitrogens with zero attached hydrogens (tertiary/aromatic N) is 1. The minimum absolute atomic E-state index is 0.276. The van der Waals surface area contributed by atoms with Crippen molar-refractivity contribution in [2.75, 3.05) is 0 Å². The highest BCUT2D eigenvalue weighted by Gasteiger charge is 2.13. The third kappa shape index (κ3) is 4.84. The number of rotatable bonds is 3. The topological polar surface area (TPSA) is 59.1 Å². The highest BCUT2D eigenvalue weighted by atomic mass is 32.2. The molecule has 4 nitrogen and oxygen atoms in total. The van der Waals surface area contributed by atoms with Gasteiger partial charge in [0.15, 0.2) is 0 Å². The van der Waals surface area contributed by atoms with Gasteiger partial charge in [-0.3, -0.25) is 14.5 Å². The predicted octanol–water partition coefficient (Wildman–Crippen LogP) is 3.21. The van der Waals surface area contributed by atoms with Crippen molar-refractivity contribution in [3.05, 3.63) is 95.3 Å². The molecule has 0 radical (unpaired) electrons. The monoisotopic (exact) mass is 374 g/mol. The van der Waals surface area contributed by atoms with E-state index in [-0.39, 0.29) is 5.56 Å². The second-order valence-corrected chi connectivity index (χ2v) is 8.02. The Kier molecular flexibility index (Phi) is 5.39. The third-order valence-corrected chi connectivity index (χ3v) is 5.33. The molecule has 0 saturated heterocycles. The van der Waals surface area contributed by atoms with Gasteiger partial charge in [-0.1, -0.05) is 47.7 Å². The molecule has 2 aromatic carbocycles. The van der Waals surface area contributed by atoms with Crippen LogP contribution in [0.15, 0.2) is 78.0 Å². The fourth-order valence-electron chi connectivity index (χ4n) is 2.32. The summed E-state index contributed by atoms with van der Waals surface area (Å²) in [5.41, 5.74) is 2.91. The molecule has 0 spiro atoms. The first-order valence-corrected chi connectivity index (χ1v) is 9.95. The van der Waals surface area contributed by atoms with Gasteiger partial charge in [-0.25, -0.2) is 4.21 Å². The van der Waals surface area contributed by atoms with Crippen LogP contribution >= 0.6 is 0 Å². The first-order chi connectivity index (χ1) is 12.9. The van der Waals surface area contributed by atoms with Crippen molar-refractivity contribution in [1.82, 2.24) is 9.71 Å². The van der Waals surface area contributed by atoms with E-state index < -0.39 is 15.6 Å². The zero-order chi connectivity index (χ0) is 19.3. The maximum absolute atomic E-state index is 12.7. The number of nitrogens with one attached hydrogen (secondary N) is 1. The lowest BCUT2D eigenvalue weighted by molar-refractivity contribution is 0.0982. The number of amides is 1. The van der Waals surface area contributed by atoms with E-state index in [0.717, 1.165) is 11.1 Å². The van der Waals surface area contributed by atoms with Crippen LogP contribution in [0, 0.1) is 18.8 Å². The van der Waals surface area contributed by atoms with Gasteiger partial charge in [-0.2, -0.15) is 0 Å². The van der Waals surface area contributed by atoms with Gasteiger partial charge in [-0.15, -0.1) is 0 Å². The van der Waals surface area contributed by atoms with Crippen LogP contribution < -0.4 is 4.72 Å². The number of pyridine rings is 1. The van der Waals surface area contributed by atoms with E-state index in [4.69, 9.17) is 0 Å². The van der Waals surface area contributed by atoms with Crippen LogP contribution in [0.25, 0.3) is 0 Å². The molecular formula is C22H18N2O2S. The number of hydrogen-bond acceptors (Lipinski definition) is 3. The maximum atomic E-state index is 12.7. The molecule has 134 valence electrons. The molecule has 1 amide bonds. The number of carbonyl (C=O) groups is 1. The standard InChI is InChI=1S/C22H18N2O2S/c1-17-8-10-18(11-9-17)12-13-19-14-20(16-23-15-19)22(25)24-27(2,26)21-6-4-3-5-7-21/h3-11,14-16H,2H2,1H3,(H,24,25,26). The molecule has 0 aliphatic rings. The van der Waals surface area contributed by atoms with E-state index in [9.17, 15) is 9.00 Å². The van der Waals surface area contributed by atoms with Crippen molar-refractivity contribution in [3.8, 4) is 11.8 Å². The van der Waals surface area contributed by atoms with E-state index in [0.29, 0.717) is 10.5 Å². The van der Waals surface area contributed by atoms with Crippen LogP contribution in [0.5, 0.6) is 0 Å². The van der Waals surface area contributed by atoms with Gasteiger partial charge in [0.1, 0.15) is 0 Å². The highest BCUT2D eigenvalue weighted by molar-refractivity contribution is 7.99. The van der Waals surface area contributed by atoms with Gasteiger partial charge < -0.3 is 0 Å². The predicted molar refractivity (Wildman–Crippen MR) is 109 cm³/mol. The molecule has 1 unspecified atom stereocenters.